The maximum absolute atomic E-state index is 13.3. The molecule has 5 rings (SSSR count). The van der Waals surface area contributed by atoms with Crippen LogP contribution in [0.5, 0.6) is 17.2 Å². The van der Waals surface area contributed by atoms with Gasteiger partial charge < -0.3 is 28.6 Å². The van der Waals surface area contributed by atoms with Gasteiger partial charge in [0.1, 0.15) is 26.2 Å². The number of methoxy groups -OCH3 is 3. The molecule has 1 fully saturated rings. The van der Waals surface area contributed by atoms with E-state index >= 15 is 0 Å². The predicted molar refractivity (Wildman–Crippen MR) is 146 cm³/mol. The maximum Gasteiger partial charge on any atom is 0.203 e. The second-order valence-corrected chi connectivity index (χ2v) is 10.3. The summed E-state index contributed by atoms with van der Waals surface area (Å²) in [5.74, 6) is 0.966. The Morgan fingerprint density at radius 3 is 2.18 bits per heavy atom. The number of ketones is 2. The number of aryl methyl sites for hydroxylation is 1. The molecule has 1 aliphatic carbocycles. The van der Waals surface area contributed by atoms with Crippen LogP contribution < -0.4 is 24.0 Å². The molecule has 0 spiro atoms. The molecule has 2 aliphatic rings. The Hall–Kier alpha value is -3.62. The zero-order valence-corrected chi connectivity index (χ0v) is 22.7. The molecule has 0 saturated carbocycles. The molecule has 1 aliphatic heterocycles. The van der Waals surface area contributed by atoms with Gasteiger partial charge in [0.05, 0.1) is 41.3 Å². The molecule has 1 saturated heterocycles. The minimum absolute atomic E-state index is 0.143. The number of allylic oxidation sites excluding steroid dienone is 2. The molecule has 200 valence electrons. The van der Waals surface area contributed by atoms with Gasteiger partial charge in [-0.1, -0.05) is 18.2 Å². The normalized spacial score (nSPS) is 19.9. The van der Waals surface area contributed by atoms with Crippen LogP contribution in [0.15, 0.2) is 42.6 Å². The number of fused-ring (bicyclic) bond motifs is 1. The van der Waals surface area contributed by atoms with Crippen LogP contribution >= 0.6 is 0 Å². The predicted octanol–water partition coefficient (Wildman–Crippen LogP) is 0.923. The zero-order valence-electron chi connectivity index (χ0n) is 22.7. The lowest BCUT2D eigenvalue weighted by molar-refractivity contribution is -1.00. The summed E-state index contributed by atoms with van der Waals surface area (Å²) in [5.41, 5.74) is 3.33. The van der Waals surface area contributed by atoms with Crippen LogP contribution in [-0.4, -0.2) is 77.2 Å². The van der Waals surface area contributed by atoms with E-state index in [0.29, 0.717) is 34.0 Å². The standard InChI is InChI=1S/C30H35N3O5/c1-31-12-14-32(15-13-31)10-7-11-33-19-22(21-8-5-6-9-23(21)33)29-25(35)18-24(34)28(29)20-16-26(36-2)30(38-4)27(17-20)37-3/h5-6,8-9,16-17,19H,7,10-15,18H2,1-4H3/p+2. The van der Waals surface area contributed by atoms with Gasteiger partial charge in [-0.25, -0.2) is 0 Å². The van der Waals surface area contributed by atoms with E-state index in [9.17, 15) is 9.59 Å². The number of carbonyl (C=O) groups excluding carboxylic acids is 2. The van der Waals surface area contributed by atoms with Crippen LogP contribution in [0.1, 0.15) is 24.0 Å². The number of Topliss-reactive ketones (excluding diaryl/α,β-unsaturated/α-hetero) is 2. The van der Waals surface area contributed by atoms with Crippen molar-refractivity contribution in [3.63, 3.8) is 0 Å². The van der Waals surface area contributed by atoms with Gasteiger partial charge in [0.25, 0.3) is 0 Å². The fourth-order valence-electron chi connectivity index (χ4n) is 5.83. The van der Waals surface area contributed by atoms with Gasteiger partial charge in [0.15, 0.2) is 23.1 Å². The van der Waals surface area contributed by atoms with E-state index in [1.54, 1.807) is 21.9 Å². The van der Waals surface area contributed by atoms with Crippen LogP contribution in [0.3, 0.4) is 0 Å². The third-order valence-electron chi connectivity index (χ3n) is 7.88. The molecule has 8 heteroatoms. The first-order valence-electron chi connectivity index (χ1n) is 13.3. The van der Waals surface area contributed by atoms with Gasteiger partial charge in [0.2, 0.25) is 5.75 Å². The third-order valence-corrected chi connectivity index (χ3v) is 7.88. The lowest BCUT2D eigenvalue weighted by Crippen LogP contribution is -3.27. The molecule has 0 radical (unpaired) electrons. The van der Waals surface area contributed by atoms with Gasteiger partial charge >= 0.3 is 0 Å². The number of rotatable bonds is 9. The van der Waals surface area contributed by atoms with E-state index in [4.69, 9.17) is 14.2 Å². The summed E-state index contributed by atoms with van der Waals surface area (Å²) in [6.45, 7) is 6.86. The van der Waals surface area contributed by atoms with E-state index in [2.05, 4.69) is 23.9 Å². The smallest absolute Gasteiger partial charge is 0.203 e. The highest BCUT2D eigenvalue weighted by molar-refractivity contribution is 6.51. The molecule has 2 aromatic carbocycles. The average Bonchev–Trinajstić information content (AvgIpc) is 3.44. The summed E-state index contributed by atoms with van der Waals surface area (Å²) in [4.78, 5) is 29.8. The van der Waals surface area contributed by atoms with E-state index in [1.807, 2.05) is 18.2 Å². The number of para-hydroxylation sites is 1. The highest BCUT2D eigenvalue weighted by atomic mass is 16.5. The van der Waals surface area contributed by atoms with Crippen LogP contribution in [0.25, 0.3) is 22.0 Å². The lowest BCUT2D eigenvalue weighted by atomic mass is 9.95. The van der Waals surface area contributed by atoms with Gasteiger partial charge in [0, 0.05) is 46.8 Å². The number of aromatic nitrogens is 1. The molecule has 2 N–H and O–H groups in total. The molecule has 3 aromatic rings. The Labute approximate surface area is 223 Å². The van der Waals surface area contributed by atoms with E-state index in [1.165, 1.54) is 47.5 Å². The first-order valence-corrected chi connectivity index (χ1v) is 13.3. The molecule has 0 atom stereocenters. The van der Waals surface area contributed by atoms with Crippen molar-refractivity contribution in [3.8, 4) is 17.2 Å². The number of quaternary nitrogens is 2. The van der Waals surface area contributed by atoms with Gasteiger partial charge in [-0.05, 0) is 23.8 Å². The number of hydrogen-bond acceptors (Lipinski definition) is 5. The Balaban J connectivity index is 1.54. The summed E-state index contributed by atoms with van der Waals surface area (Å²) in [5, 5.41) is 0.978. The second kappa shape index (κ2) is 11.0. The van der Waals surface area contributed by atoms with Crippen molar-refractivity contribution in [2.24, 2.45) is 0 Å². The molecular weight excluding hydrogens is 482 g/mol. The van der Waals surface area contributed by atoms with Crippen molar-refractivity contribution in [2.75, 3.05) is 61.1 Å². The first kappa shape index (κ1) is 26.0. The highest BCUT2D eigenvalue weighted by Gasteiger charge is 2.35. The SMILES string of the molecule is COc1cc(C2=C(c3cn(CCC[NH+]4CC[NH+](C)CC4)c4ccccc34)C(=O)CC2=O)cc(OC)c1OC. The first-order chi connectivity index (χ1) is 18.4. The third kappa shape index (κ3) is 4.81. The van der Waals surface area contributed by atoms with Crippen LogP contribution in [0, 0.1) is 0 Å². The summed E-state index contributed by atoms with van der Waals surface area (Å²) < 4.78 is 18.7. The number of piperazine rings is 1. The molecular formula is C30H37N3O5+2. The van der Waals surface area contributed by atoms with E-state index < -0.39 is 0 Å². The van der Waals surface area contributed by atoms with Crippen molar-refractivity contribution < 1.29 is 33.6 Å². The highest BCUT2D eigenvalue weighted by Crippen LogP contribution is 2.44. The van der Waals surface area contributed by atoms with Crippen molar-refractivity contribution in [2.45, 2.75) is 19.4 Å². The van der Waals surface area contributed by atoms with Crippen molar-refractivity contribution >= 4 is 33.6 Å². The van der Waals surface area contributed by atoms with Gasteiger partial charge in [-0.15, -0.1) is 0 Å². The molecule has 38 heavy (non-hydrogen) atoms. The fraction of sp³-hybridized carbons (Fsp3) is 0.400. The number of benzene rings is 2. The Bertz CT molecular complexity index is 1370. The number of carbonyl (C=O) groups is 2. The number of ether oxygens (including phenoxy) is 3. The van der Waals surface area contributed by atoms with Crippen molar-refractivity contribution in [1.29, 1.82) is 0 Å². The maximum atomic E-state index is 13.3. The van der Waals surface area contributed by atoms with Crippen molar-refractivity contribution in [3.05, 3.63) is 53.7 Å². The van der Waals surface area contributed by atoms with Crippen LogP contribution in [0.4, 0.5) is 0 Å². The molecule has 0 amide bonds. The Morgan fingerprint density at radius 1 is 0.868 bits per heavy atom. The van der Waals surface area contributed by atoms with Crippen molar-refractivity contribution in [1.82, 2.24) is 4.57 Å². The second-order valence-electron chi connectivity index (χ2n) is 10.3. The number of likely N-dealkylation sites (N-methyl/N-ethyl adjacent to an activating group) is 1. The quantitative estimate of drug-likeness (QED) is 0.412. The van der Waals surface area contributed by atoms with Crippen LogP contribution in [-0.2, 0) is 16.1 Å². The minimum Gasteiger partial charge on any atom is -0.493 e. The summed E-state index contributed by atoms with van der Waals surface area (Å²) in [7, 11) is 6.88. The number of nitrogens with zero attached hydrogens (tertiary/aromatic N) is 1. The lowest BCUT2D eigenvalue weighted by Gasteiger charge is -2.27. The summed E-state index contributed by atoms with van der Waals surface area (Å²) in [6, 6.07) is 11.6. The molecule has 0 bridgehead atoms. The number of hydrogen-bond donors (Lipinski definition) is 2. The van der Waals surface area contributed by atoms with Gasteiger partial charge in [-0.3, -0.25) is 9.59 Å². The number of nitrogens with one attached hydrogen (secondary N) is 2. The average molecular weight is 520 g/mol. The van der Waals surface area contributed by atoms with Crippen LogP contribution in [0.2, 0.25) is 0 Å². The zero-order chi connectivity index (χ0) is 26.8. The topological polar surface area (TPSA) is 75.6 Å². The molecule has 0 unspecified atom stereocenters. The van der Waals surface area contributed by atoms with Gasteiger partial charge in [-0.2, -0.15) is 0 Å². The minimum atomic E-state index is -0.197. The molecule has 2 heterocycles. The monoisotopic (exact) mass is 519 g/mol. The Morgan fingerprint density at radius 2 is 1.53 bits per heavy atom. The Kier molecular flexibility index (Phi) is 7.53. The van der Waals surface area contributed by atoms with E-state index in [0.717, 1.165) is 36.0 Å². The fourth-order valence-corrected chi connectivity index (χ4v) is 5.83. The largest absolute Gasteiger partial charge is 0.493 e. The molecule has 8 nitrogen and oxygen atoms in total. The molecule has 1 aromatic heterocycles. The summed E-state index contributed by atoms with van der Waals surface area (Å²) in [6.07, 6.45) is 2.96. The summed E-state index contributed by atoms with van der Waals surface area (Å²) >= 11 is 0. The van der Waals surface area contributed by atoms with E-state index in [-0.39, 0.29) is 18.0 Å².